The first-order valence-corrected chi connectivity index (χ1v) is 29.5. The van der Waals surface area contributed by atoms with Gasteiger partial charge in [0.25, 0.3) is 5.69 Å². The zero-order valence-electron chi connectivity index (χ0n) is 37.3. The van der Waals surface area contributed by atoms with E-state index in [0.29, 0.717) is 38.0 Å². The molecule has 13 heteroatoms. The summed E-state index contributed by atoms with van der Waals surface area (Å²) in [5, 5.41) is 15.6. The normalized spacial score (nSPS) is 22.8. The summed E-state index contributed by atoms with van der Waals surface area (Å²) in [6.07, 6.45) is 4.14. The predicted molar refractivity (Wildman–Crippen MR) is 235 cm³/mol. The highest BCUT2D eigenvalue weighted by atomic mass is 28.4. The third-order valence-electron chi connectivity index (χ3n) is 13.4. The molecule has 3 rings (SSSR count). The summed E-state index contributed by atoms with van der Waals surface area (Å²) in [5.74, 6) is 0.327. The summed E-state index contributed by atoms with van der Waals surface area (Å²) in [7, 11) is -6.28. The molecule has 1 N–H and O–H groups in total. The van der Waals surface area contributed by atoms with Gasteiger partial charge in [0.05, 0.1) is 43.0 Å². The fraction of sp³-hybridized carbons (Fsp3) is 0.854. The molecule has 2 aliphatic rings. The highest BCUT2D eigenvalue weighted by Gasteiger charge is 2.52. The topological polar surface area (TPSA) is 98.6 Å². The zero-order chi connectivity index (χ0) is 40.9. The van der Waals surface area contributed by atoms with Crippen molar-refractivity contribution in [3.8, 4) is 0 Å². The zero-order valence-corrected chi connectivity index (χ0v) is 40.3. The lowest BCUT2D eigenvalue weighted by molar-refractivity contribution is -0.383. The number of rotatable bonds is 17. The van der Waals surface area contributed by atoms with E-state index in [1.54, 1.807) is 6.07 Å². The third kappa shape index (κ3) is 12.3. The van der Waals surface area contributed by atoms with Crippen molar-refractivity contribution < 1.29 is 22.9 Å². The summed E-state index contributed by atoms with van der Waals surface area (Å²) < 4.78 is 27.4. The monoisotopic (exact) mass is 809 g/mol. The van der Waals surface area contributed by atoms with Crippen LogP contribution in [0.4, 0.5) is 17.1 Å². The van der Waals surface area contributed by atoms with Crippen LogP contribution in [0.3, 0.4) is 0 Å². The molecule has 2 saturated heterocycles. The molecule has 4 atom stereocenters. The summed E-state index contributed by atoms with van der Waals surface area (Å²) >= 11 is 0. The fourth-order valence-electron chi connectivity index (χ4n) is 6.55. The van der Waals surface area contributed by atoms with Crippen LogP contribution >= 0.6 is 0 Å². The maximum absolute atomic E-state index is 12.0. The Hall–Kier alpha value is -1.33. The molecule has 10 nitrogen and oxygen atoms in total. The average Bonchev–Trinajstić information content (AvgIpc) is 3.04. The van der Waals surface area contributed by atoms with E-state index in [4.69, 9.17) is 18.0 Å². The molecular weight excluding hydrogens is 729 g/mol. The van der Waals surface area contributed by atoms with Crippen LogP contribution in [0.1, 0.15) is 94.9 Å². The van der Waals surface area contributed by atoms with E-state index in [2.05, 4.69) is 124 Å². The molecule has 0 bridgehead atoms. The first-order chi connectivity index (χ1) is 24.7. The van der Waals surface area contributed by atoms with Gasteiger partial charge in [-0.2, -0.15) is 0 Å². The van der Waals surface area contributed by atoms with Gasteiger partial charge in [-0.05, 0) is 91.8 Å². The number of benzene rings is 1. The molecular formula is C41H80N4O6Si3. The Labute approximate surface area is 333 Å². The van der Waals surface area contributed by atoms with Crippen LogP contribution in [0.25, 0.3) is 0 Å². The van der Waals surface area contributed by atoms with Crippen molar-refractivity contribution in [3.63, 3.8) is 0 Å². The Kier molecular flexibility index (Phi) is 16.1. The molecule has 54 heavy (non-hydrogen) atoms. The second-order valence-electron chi connectivity index (χ2n) is 20.7. The van der Waals surface area contributed by atoms with Crippen LogP contribution in [0.15, 0.2) is 18.2 Å². The molecule has 0 aromatic heterocycles. The maximum Gasteiger partial charge on any atom is 0.294 e. The van der Waals surface area contributed by atoms with Gasteiger partial charge in [-0.1, -0.05) is 82.1 Å². The van der Waals surface area contributed by atoms with Gasteiger partial charge < -0.3 is 28.2 Å². The molecule has 1 aromatic rings. The van der Waals surface area contributed by atoms with Crippen molar-refractivity contribution in [2.75, 3.05) is 62.8 Å². The van der Waals surface area contributed by atoms with Gasteiger partial charge in [-0.25, -0.2) is 0 Å². The number of unbranched alkanes of at least 4 members (excludes halogenated alkanes) is 3. The highest BCUT2D eigenvalue weighted by Crippen LogP contribution is 2.44. The Bertz CT molecular complexity index is 1350. The number of piperidine rings is 1. The standard InChI is InChI=1S/C41H80N4O6Si3/c1-32-30-44(24-20-18-17-19-23-42-34-22-21-33(29-35(34)45(46)47)43-25-27-48-28-26-43)36(31-49-52(11,12)39(2,3)4)38(51-54(15,16)41(8,9)10)37(32)50-53(13,14)40(5,6)7/h21-22,29,32,36-38,42H,17-20,23-28,30-31H2,1-16H3/t32-,36+,37+,38+/m0/s1. The molecule has 1 aromatic carbocycles. The lowest BCUT2D eigenvalue weighted by atomic mass is 9.88. The number of likely N-dealkylation sites (tertiary alicyclic amines) is 1. The minimum atomic E-state index is -2.16. The van der Waals surface area contributed by atoms with Gasteiger partial charge in [-0.3, -0.25) is 15.0 Å². The van der Waals surface area contributed by atoms with Gasteiger partial charge in [0, 0.05) is 37.9 Å². The predicted octanol–water partition coefficient (Wildman–Crippen LogP) is 10.5. The van der Waals surface area contributed by atoms with E-state index in [0.717, 1.165) is 57.5 Å². The van der Waals surface area contributed by atoms with Gasteiger partial charge in [0.2, 0.25) is 0 Å². The van der Waals surface area contributed by atoms with Gasteiger partial charge in [0.1, 0.15) is 5.69 Å². The van der Waals surface area contributed by atoms with Crippen LogP contribution in [0.2, 0.25) is 54.4 Å². The van der Waals surface area contributed by atoms with Crippen molar-refractivity contribution in [2.45, 2.75) is 168 Å². The Morgan fingerprint density at radius 2 is 1.35 bits per heavy atom. The van der Waals surface area contributed by atoms with Crippen LogP contribution in [0.5, 0.6) is 0 Å². The lowest BCUT2D eigenvalue weighted by Gasteiger charge is -2.54. The molecule has 312 valence electrons. The van der Waals surface area contributed by atoms with Gasteiger partial charge in [0.15, 0.2) is 25.0 Å². The van der Waals surface area contributed by atoms with E-state index >= 15 is 0 Å². The Morgan fingerprint density at radius 1 is 0.815 bits per heavy atom. The Morgan fingerprint density at radius 3 is 1.89 bits per heavy atom. The van der Waals surface area contributed by atoms with E-state index in [-0.39, 0.29) is 44.0 Å². The molecule has 2 heterocycles. The number of morpholine rings is 1. The number of nitro groups is 1. The van der Waals surface area contributed by atoms with E-state index < -0.39 is 25.0 Å². The summed E-state index contributed by atoms with van der Waals surface area (Å²) in [6, 6.07) is 5.65. The number of hydrogen-bond donors (Lipinski definition) is 1. The fourth-order valence-corrected chi connectivity index (χ4v) is 10.3. The number of nitro benzene ring substituents is 1. The maximum atomic E-state index is 12.0. The second kappa shape index (κ2) is 18.5. The highest BCUT2D eigenvalue weighted by molar-refractivity contribution is 6.75. The van der Waals surface area contributed by atoms with Crippen molar-refractivity contribution in [2.24, 2.45) is 5.92 Å². The quantitative estimate of drug-likeness (QED) is 0.0714. The summed E-state index contributed by atoms with van der Waals surface area (Å²) in [5.41, 5.74) is 1.60. The molecule has 0 amide bonds. The SMILES string of the molecule is C[C@H]1CN(CCCCCCNc2ccc(N3CCOCC3)cc2[N+](=O)[O-])[C@H](CO[Si](C)(C)C(C)(C)C)[C@@H](O[Si](C)(C)C(C)(C)C)[C@@H]1O[Si](C)(C)C(C)(C)C. The first-order valence-electron chi connectivity index (χ1n) is 20.8. The minimum absolute atomic E-state index is 0.0161. The third-order valence-corrected chi connectivity index (χ3v) is 26.8. The van der Waals surface area contributed by atoms with E-state index in [1.807, 2.05) is 12.1 Å². The number of nitrogens with zero attached hydrogens (tertiary/aromatic N) is 3. The molecule has 0 saturated carbocycles. The van der Waals surface area contributed by atoms with Crippen LogP contribution in [-0.2, 0) is 18.0 Å². The average molecular weight is 809 g/mol. The van der Waals surface area contributed by atoms with E-state index in [9.17, 15) is 10.1 Å². The van der Waals surface area contributed by atoms with Crippen molar-refractivity contribution in [1.82, 2.24) is 4.90 Å². The smallest absolute Gasteiger partial charge is 0.294 e. The number of nitrogens with one attached hydrogen (secondary N) is 1. The molecule has 0 unspecified atom stereocenters. The molecule has 0 spiro atoms. The number of anilines is 2. The van der Waals surface area contributed by atoms with Gasteiger partial charge >= 0.3 is 0 Å². The van der Waals surface area contributed by atoms with Gasteiger partial charge in [-0.15, -0.1) is 0 Å². The lowest BCUT2D eigenvalue weighted by Crippen LogP contribution is -2.66. The van der Waals surface area contributed by atoms with Crippen molar-refractivity contribution >= 4 is 42.0 Å². The largest absolute Gasteiger partial charge is 0.415 e. The number of hydrogen-bond acceptors (Lipinski definition) is 9. The minimum Gasteiger partial charge on any atom is -0.415 e. The van der Waals surface area contributed by atoms with Crippen LogP contribution in [0, 0.1) is 16.0 Å². The molecule has 0 radical (unpaired) electrons. The Balaban J connectivity index is 1.74. The molecule has 0 aliphatic carbocycles. The van der Waals surface area contributed by atoms with Crippen LogP contribution < -0.4 is 10.2 Å². The molecule has 2 fully saturated rings. The molecule has 2 aliphatic heterocycles. The van der Waals surface area contributed by atoms with E-state index in [1.165, 1.54) is 0 Å². The summed E-state index contributed by atoms with van der Waals surface area (Å²) in [4.78, 5) is 16.5. The van der Waals surface area contributed by atoms with Crippen molar-refractivity contribution in [3.05, 3.63) is 28.3 Å². The van der Waals surface area contributed by atoms with Crippen LogP contribution in [-0.4, -0.2) is 106 Å². The first kappa shape index (κ1) is 47.0. The van der Waals surface area contributed by atoms with Crippen molar-refractivity contribution in [1.29, 1.82) is 0 Å². The summed E-state index contributed by atoms with van der Waals surface area (Å²) in [6.45, 7) is 43.7. The number of ether oxygens (including phenoxy) is 1. The second-order valence-corrected chi connectivity index (χ2v) is 35.0.